The first kappa shape index (κ1) is 13.9. The summed E-state index contributed by atoms with van der Waals surface area (Å²) < 4.78 is 4.62. The molecular formula is C11H21N3O3. The second-order valence-electron chi connectivity index (χ2n) is 4.33. The highest BCUT2D eigenvalue weighted by molar-refractivity contribution is 6.32. The van der Waals surface area contributed by atoms with Crippen LogP contribution in [0.1, 0.15) is 6.92 Å². The Morgan fingerprint density at radius 3 is 2.71 bits per heavy atom. The first-order valence-corrected chi connectivity index (χ1v) is 5.88. The van der Waals surface area contributed by atoms with E-state index in [-0.39, 0.29) is 12.6 Å². The molecule has 0 aromatic heterocycles. The number of hydrogen-bond acceptors (Lipinski definition) is 5. The van der Waals surface area contributed by atoms with Crippen molar-refractivity contribution >= 4 is 11.9 Å². The van der Waals surface area contributed by atoms with Gasteiger partial charge in [0.2, 0.25) is 0 Å². The Morgan fingerprint density at radius 2 is 2.06 bits per heavy atom. The van der Waals surface area contributed by atoms with Crippen molar-refractivity contribution in [2.24, 2.45) is 0 Å². The molecule has 0 bridgehead atoms. The predicted octanol–water partition coefficient (Wildman–Crippen LogP) is -1.09. The molecule has 0 radical (unpaired) electrons. The van der Waals surface area contributed by atoms with Crippen LogP contribution in [0.4, 0.5) is 0 Å². The number of piperazine rings is 1. The smallest absolute Gasteiger partial charge is 0.396 e. The van der Waals surface area contributed by atoms with Crippen LogP contribution in [0.25, 0.3) is 0 Å². The quantitative estimate of drug-likeness (QED) is 0.504. The lowest BCUT2D eigenvalue weighted by molar-refractivity contribution is -0.154. The Labute approximate surface area is 102 Å². The van der Waals surface area contributed by atoms with Gasteiger partial charge in [-0.15, -0.1) is 0 Å². The fourth-order valence-electron chi connectivity index (χ4n) is 1.80. The molecule has 17 heavy (non-hydrogen) atoms. The van der Waals surface area contributed by atoms with E-state index in [0.29, 0.717) is 6.54 Å². The Morgan fingerprint density at radius 1 is 1.35 bits per heavy atom. The van der Waals surface area contributed by atoms with Crippen LogP contribution in [0.2, 0.25) is 0 Å². The van der Waals surface area contributed by atoms with Crippen LogP contribution >= 0.6 is 0 Å². The molecule has 1 rings (SSSR count). The second kappa shape index (κ2) is 6.56. The predicted molar refractivity (Wildman–Crippen MR) is 63.6 cm³/mol. The summed E-state index contributed by atoms with van der Waals surface area (Å²) in [6, 6.07) is 0.243. The molecule has 1 amide bonds. The highest BCUT2D eigenvalue weighted by Gasteiger charge is 2.23. The topological polar surface area (TPSA) is 61.9 Å². The number of nitrogens with zero attached hydrogens (tertiary/aromatic N) is 2. The minimum atomic E-state index is -0.806. The maximum Gasteiger partial charge on any atom is 0.396 e. The maximum absolute atomic E-state index is 11.3. The summed E-state index contributed by atoms with van der Waals surface area (Å²) in [6.45, 7) is 5.25. The van der Waals surface area contributed by atoms with E-state index in [1.54, 1.807) is 6.92 Å². The molecule has 1 atom stereocenters. The largest absolute Gasteiger partial charge is 0.459 e. The summed E-state index contributed by atoms with van der Waals surface area (Å²) in [4.78, 5) is 26.8. The van der Waals surface area contributed by atoms with E-state index in [0.717, 1.165) is 19.6 Å². The first-order chi connectivity index (χ1) is 8.04. The minimum Gasteiger partial charge on any atom is -0.459 e. The molecule has 1 aliphatic rings. The Bertz CT molecular complexity index is 283. The Balaban J connectivity index is 2.33. The van der Waals surface area contributed by atoms with Crippen molar-refractivity contribution in [2.75, 3.05) is 46.9 Å². The van der Waals surface area contributed by atoms with Crippen LogP contribution in [-0.4, -0.2) is 74.6 Å². The van der Waals surface area contributed by atoms with Gasteiger partial charge in [-0.2, -0.15) is 0 Å². The van der Waals surface area contributed by atoms with Crippen molar-refractivity contribution in [1.29, 1.82) is 0 Å². The molecular weight excluding hydrogens is 222 g/mol. The standard InChI is InChI=1S/C11H21N3O3/c1-4-17-11(16)10(15)12-7-9-8-13(2)5-6-14(9)3/h9H,4-8H2,1-3H3,(H,12,15). The van der Waals surface area contributed by atoms with Crippen molar-refractivity contribution in [3.05, 3.63) is 0 Å². The second-order valence-corrected chi connectivity index (χ2v) is 4.33. The first-order valence-electron chi connectivity index (χ1n) is 5.88. The zero-order valence-corrected chi connectivity index (χ0v) is 10.7. The van der Waals surface area contributed by atoms with Crippen LogP contribution < -0.4 is 5.32 Å². The molecule has 0 aliphatic carbocycles. The number of ether oxygens (including phenoxy) is 1. The molecule has 6 heteroatoms. The minimum absolute atomic E-state index is 0.221. The number of carbonyl (C=O) groups excluding carboxylic acids is 2. The Kier molecular flexibility index (Phi) is 5.37. The van der Waals surface area contributed by atoms with Gasteiger partial charge < -0.3 is 15.0 Å². The Hall–Kier alpha value is -1.14. The third kappa shape index (κ3) is 4.32. The van der Waals surface area contributed by atoms with Crippen molar-refractivity contribution in [2.45, 2.75) is 13.0 Å². The molecule has 1 unspecified atom stereocenters. The number of esters is 1. The van der Waals surface area contributed by atoms with Crippen LogP contribution in [0.3, 0.4) is 0 Å². The monoisotopic (exact) mass is 243 g/mol. The third-order valence-corrected chi connectivity index (χ3v) is 2.94. The van der Waals surface area contributed by atoms with Gasteiger partial charge in [0.25, 0.3) is 0 Å². The van der Waals surface area contributed by atoms with Crippen molar-refractivity contribution in [3.8, 4) is 0 Å². The number of nitrogens with one attached hydrogen (secondary N) is 1. The van der Waals surface area contributed by atoms with Gasteiger partial charge in [-0.05, 0) is 21.0 Å². The molecule has 0 aromatic rings. The average molecular weight is 243 g/mol. The number of hydrogen-bond donors (Lipinski definition) is 1. The molecule has 1 fully saturated rings. The van der Waals surface area contributed by atoms with Gasteiger partial charge in [0.15, 0.2) is 0 Å². The number of carbonyl (C=O) groups is 2. The van der Waals surface area contributed by atoms with Gasteiger partial charge in [-0.3, -0.25) is 9.69 Å². The molecule has 1 saturated heterocycles. The van der Waals surface area contributed by atoms with Crippen LogP contribution in [0.5, 0.6) is 0 Å². The zero-order valence-electron chi connectivity index (χ0n) is 10.7. The number of amides is 1. The van der Waals surface area contributed by atoms with E-state index >= 15 is 0 Å². The normalized spacial score (nSPS) is 22.2. The average Bonchev–Trinajstić information content (AvgIpc) is 2.30. The summed E-state index contributed by atoms with van der Waals surface area (Å²) in [5, 5.41) is 2.61. The molecule has 1 heterocycles. The van der Waals surface area contributed by atoms with E-state index in [1.807, 2.05) is 14.1 Å². The molecule has 0 saturated carbocycles. The van der Waals surface area contributed by atoms with Crippen molar-refractivity contribution in [1.82, 2.24) is 15.1 Å². The highest BCUT2D eigenvalue weighted by Crippen LogP contribution is 2.04. The summed E-state index contributed by atoms with van der Waals surface area (Å²) in [5.74, 6) is -1.47. The van der Waals surface area contributed by atoms with E-state index < -0.39 is 11.9 Å². The summed E-state index contributed by atoms with van der Waals surface area (Å²) in [6.07, 6.45) is 0. The van der Waals surface area contributed by atoms with Crippen molar-refractivity contribution in [3.63, 3.8) is 0 Å². The maximum atomic E-state index is 11.3. The number of rotatable bonds is 3. The third-order valence-electron chi connectivity index (χ3n) is 2.94. The SMILES string of the molecule is CCOC(=O)C(=O)NCC1CN(C)CCN1C. The van der Waals surface area contributed by atoms with Crippen LogP contribution in [0.15, 0.2) is 0 Å². The van der Waals surface area contributed by atoms with Gasteiger partial charge in [0.05, 0.1) is 6.61 Å². The highest BCUT2D eigenvalue weighted by atomic mass is 16.5. The van der Waals surface area contributed by atoms with Gasteiger partial charge in [0, 0.05) is 32.2 Å². The van der Waals surface area contributed by atoms with E-state index in [2.05, 4.69) is 19.9 Å². The molecule has 6 nitrogen and oxygen atoms in total. The van der Waals surface area contributed by atoms with Crippen molar-refractivity contribution < 1.29 is 14.3 Å². The molecule has 0 aromatic carbocycles. The van der Waals surface area contributed by atoms with E-state index in [4.69, 9.17) is 0 Å². The molecule has 1 N–H and O–H groups in total. The van der Waals surface area contributed by atoms with Crippen LogP contribution in [-0.2, 0) is 14.3 Å². The van der Waals surface area contributed by atoms with E-state index in [1.165, 1.54) is 0 Å². The van der Waals surface area contributed by atoms with Gasteiger partial charge in [-0.25, -0.2) is 4.79 Å². The molecule has 98 valence electrons. The fraction of sp³-hybridized carbons (Fsp3) is 0.818. The number of likely N-dealkylation sites (N-methyl/N-ethyl adjacent to an activating group) is 2. The van der Waals surface area contributed by atoms with E-state index in [9.17, 15) is 9.59 Å². The lowest BCUT2D eigenvalue weighted by atomic mass is 10.2. The van der Waals surface area contributed by atoms with Gasteiger partial charge in [0.1, 0.15) is 0 Å². The van der Waals surface area contributed by atoms with Gasteiger partial charge >= 0.3 is 11.9 Å². The summed E-state index contributed by atoms with van der Waals surface area (Å²) in [5.41, 5.74) is 0. The summed E-state index contributed by atoms with van der Waals surface area (Å²) in [7, 11) is 4.07. The lowest BCUT2D eigenvalue weighted by Gasteiger charge is -2.37. The molecule has 0 spiro atoms. The van der Waals surface area contributed by atoms with Crippen LogP contribution in [0, 0.1) is 0 Å². The molecule has 1 aliphatic heterocycles. The lowest BCUT2D eigenvalue weighted by Crippen LogP contribution is -2.54. The fourth-order valence-corrected chi connectivity index (χ4v) is 1.80. The summed E-state index contributed by atoms with van der Waals surface area (Å²) >= 11 is 0. The van der Waals surface area contributed by atoms with Gasteiger partial charge in [-0.1, -0.05) is 0 Å². The zero-order chi connectivity index (χ0) is 12.8.